The molecule has 1 aliphatic heterocycles. The molecular formula is C18H27BO3. The molecule has 0 radical (unpaired) electrons. The first-order valence-corrected chi connectivity index (χ1v) is 8.36. The maximum atomic E-state index is 6.23. The summed E-state index contributed by atoms with van der Waals surface area (Å²) in [6.07, 6.45) is 2.66. The van der Waals surface area contributed by atoms with Gasteiger partial charge in [0, 0.05) is 5.46 Å². The van der Waals surface area contributed by atoms with Crippen LogP contribution in [-0.2, 0) is 9.31 Å². The lowest BCUT2D eigenvalue weighted by atomic mass is 9.76. The third-order valence-electron chi connectivity index (χ3n) is 5.03. The van der Waals surface area contributed by atoms with Gasteiger partial charge in [0.25, 0.3) is 0 Å². The quantitative estimate of drug-likeness (QED) is 0.795. The second-order valence-electron chi connectivity index (χ2n) is 7.86. The van der Waals surface area contributed by atoms with Crippen molar-refractivity contribution in [2.75, 3.05) is 0 Å². The zero-order valence-electron chi connectivity index (χ0n) is 14.6. The molecule has 22 heavy (non-hydrogen) atoms. The molecule has 1 heterocycles. The van der Waals surface area contributed by atoms with Gasteiger partial charge in [0.05, 0.1) is 17.3 Å². The first kappa shape index (κ1) is 15.9. The van der Waals surface area contributed by atoms with Crippen molar-refractivity contribution in [3.05, 3.63) is 23.8 Å². The van der Waals surface area contributed by atoms with E-state index < -0.39 is 0 Å². The van der Waals surface area contributed by atoms with Gasteiger partial charge in [-0.05, 0) is 58.1 Å². The highest BCUT2D eigenvalue weighted by Gasteiger charge is 2.52. The van der Waals surface area contributed by atoms with E-state index in [1.165, 1.54) is 5.56 Å². The van der Waals surface area contributed by atoms with Gasteiger partial charge < -0.3 is 14.0 Å². The minimum Gasteiger partial charge on any atom is -0.491 e. The molecule has 2 fully saturated rings. The third kappa shape index (κ3) is 2.91. The fourth-order valence-electron chi connectivity index (χ4n) is 2.55. The Hall–Kier alpha value is -0.995. The van der Waals surface area contributed by atoms with Crippen LogP contribution < -0.4 is 10.2 Å². The third-order valence-corrected chi connectivity index (χ3v) is 5.03. The number of hydrogen-bond donors (Lipinski definition) is 0. The molecule has 1 saturated heterocycles. The van der Waals surface area contributed by atoms with E-state index >= 15 is 0 Å². The number of ether oxygens (including phenoxy) is 1. The van der Waals surface area contributed by atoms with E-state index in [4.69, 9.17) is 14.0 Å². The average Bonchev–Trinajstić information content (AvgIpc) is 3.17. The second kappa shape index (κ2) is 5.28. The zero-order valence-corrected chi connectivity index (χ0v) is 14.6. The fraction of sp³-hybridized carbons (Fsp3) is 0.667. The van der Waals surface area contributed by atoms with E-state index in [2.05, 4.69) is 59.7 Å². The molecule has 4 heteroatoms. The highest BCUT2D eigenvalue weighted by Crippen LogP contribution is 2.38. The molecule has 120 valence electrons. The van der Waals surface area contributed by atoms with Crippen molar-refractivity contribution in [3.63, 3.8) is 0 Å². The Kier molecular flexibility index (Phi) is 3.81. The number of rotatable bonds is 4. The van der Waals surface area contributed by atoms with Crippen LogP contribution in [-0.4, -0.2) is 24.4 Å². The van der Waals surface area contributed by atoms with Gasteiger partial charge in [-0.25, -0.2) is 0 Å². The molecule has 0 spiro atoms. The minimum atomic E-state index is -0.363. The van der Waals surface area contributed by atoms with Crippen molar-refractivity contribution in [3.8, 4) is 5.75 Å². The Morgan fingerprint density at radius 1 is 1.09 bits per heavy atom. The highest BCUT2D eigenvalue weighted by atomic mass is 16.7. The molecule has 0 bridgehead atoms. The predicted molar refractivity (Wildman–Crippen MR) is 89.9 cm³/mol. The van der Waals surface area contributed by atoms with Crippen LogP contribution in [0.3, 0.4) is 0 Å². The molecule has 3 rings (SSSR count). The van der Waals surface area contributed by atoms with Gasteiger partial charge in [0.15, 0.2) is 0 Å². The molecule has 1 aromatic carbocycles. The van der Waals surface area contributed by atoms with Crippen molar-refractivity contribution in [2.24, 2.45) is 0 Å². The van der Waals surface area contributed by atoms with Crippen molar-refractivity contribution in [2.45, 2.75) is 77.6 Å². The van der Waals surface area contributed by atoms with Crippen LogP contribution in [0.5, 0.6) is 5.75 Å². The fourth-order valence-corrected chi connectivity index (χ4v) is 2.55. The summed E-state index contributed by atoms with van der Waals surface area (Å²) in [4.78, 5) is 0. The van der Waals surface area contributed by atoms with Gasteiger partial charge in [0.2, 0.25) is 0 Å². The van der Waals surface area contributed by atoms with Crippen LogP contribution in [0.1, 0.15) is 65.9 Å². The Labute approximate surface area is 134 Å². The summed E-state index contributed by atoms with van der Waals surface area (Å²) in [7, 11) is -0.363. The van der Waals surface area contributed by atoms with Crippen LogP contribution in [0, 0.1) is 0 Å². The summed E-state index contributed by atoms with van der Waals surface area (Å²) in [5.41, 5.74) is 1.65. The lowest BCUT2D eigenvalue weighted by Gasteiger charge is -2.32. The Morgan fingerprint density at radius 2 is 1.68 bits per heavy atom. The second-order valence-corrected chi connectivity index (χ2v) is 7.86. The molecule has 0 atom stereocenters. The summed E-state index contributed by atoms with van der Waals surface area (Å²) >= 11 is 0. The molecule has 1 saturated carbocycles. The standard InChI is InChI=1S/C18H27BO3/c1-12(2)13-7-10-16(20-14-8-9-14)15(11-13)19-21-17(3,4)18(5,6)22-19/h7,10-12,14H,8-9H2,1-6H3. The van der Waals surface area contributed by atoms with Crippen LogP contribution in [0.15, 0.2) is 18.2 Å². The number of benzene rings is 1. The van der Waals surface area contributed by atoms with Crippen molar-refractivity contribution in [1.82, 2.24) is 0 Å². The van der Waals surface area contributed by atoms with Gasteiger partial charge >= 0.3 is 7.12 Å². The molecule has 1 aliphatic carbocycles. The zero-order chi connectivity index (χ0) is 16.1. The molecule has 2 aliphatic rings. The van der Waals surface area contributed by atoms with E-state index in [1.807, 2.05) is 0 Å². The van der Waals surface area contributed by atoms with Crippen LogP contribution in [0.4, 0.5) is 0 Å². The molecule has 3 nitrogen and oxygen atoms in total. The first-order chi connectivity index (χ1) is 10.2. The maximum absolute atomic E-state index is 6.23. The van der Waals surface area contributed by atoms with Gasteiger partial charge in [-0.15, -0.1) is 0 Å². The number of hydrogen-bond acceptors (Lipinski definition) is 3. The lowest BCUT2D eigenvalue weighted by Crippen LogP contribution is -2.41. The summed E-state index contributed by atoms with van der Waals surface area (Å²) in [5, 5.41) is 0. The van der Waals surface area contributed by atoms with Crippen LogP contribution in [0.2, 0.25) is 0 Å². The van der Waals surface area contributed by atoms with Gasteiger partial charge in [0.1, 0.15) is 5.75 Å². The van der Waals surface area contributed by atoms with E-state index in [9.17, 15) is 0 Å². The monoisotopic (exact) mass is 302 g/mol. The highest BCUT2D eigenvalue weighted by molar-refractivity contribution is 6.63. The van der Waals surface area contributed by atoms with Crippen molar-refractivity contribution < 1.29 is 14.0 Å². The Bertz CT molecular complexity index is 545. The smallest absolute Gasteiger partial charge is 0.491 e. The normalized spacial score (nSPS) is 23.1. The molecule has 0 aromatic heterocycles. The topological polar surface area (TPSA) is 27.7 Å². The van der Waals surface area contributed by atoms with Crippen LogP contribution in [0.25, 0.3) is 0 Å². The lowest BCUT2D eigenvalue weighted by molar-refractivity contribution is 0.00578. The van der Waals surface area contributed by atoms with E-state index in [0.29, 0.717) is 12.0 Å². The average molecular weight is 302 g/mol. The largest absolute Gasteiger partial charge is 0.498 e. The SMILES string of the molecule is CC(C)c1ccc(OC2CC2)c(B2OC(C)(C)C(C)(C)O2)c1. The van der Waals surface area contributed by atoms with Gasteiger partial charge in [-0.2, -0.15) is 0 Å². The molecule has 0 amide bonds. The summed E-state index contributed by atoms with van der Waals surface area (Å²) < 4.78 is 18.5. The van der Waals surface area contributed by atoms with Gasteiger partial charge in [-0.1, -0.05) is 26.0 Å². The van der Waals surface area contributed by atoms with E-state index in [-0.39, 0.29) is 18.3 Å². The molecular weight excluding hydrogens is 275 g/mol. The Balaban J connectivity index is 1.95. The van der Waals surface area contributed by atoms with E-state index in [0.717, 1.165) is 24.1 Å². The summed E-state index contributed by atoms with van der Waals surface area (Å²) in [5.74, 6) is 1.38. The summed E-state index contributed by atoms with van der Waals surface area (Å²) in [6, 6.07) is 6.41. The molecule has 0 N–H and O–H groups in total. The summed E-state index contributed by atoms with van der Waals surface area (Å²) in [6.45, 7) is 12.7. The maximum Gasteiger partial charge on any atom is 0.498 e. The van der Waals surface area contributed by atoms with Crippen molar-refractivity contribution >= 4 is 12.6 Å². The Morgan fingerprint density at radius 3 is 2.18 bits per heavy atom. The van der Waals surface area contributed by atoms with E-state index in [1.54, 1.807) is 0 Å². The molecule has 1 aromatic rings. The minimum absolute atomic E-state index is 0.331. The van der Waals surface area contributed by atoms with Crippen molar-refractivity contribution in [1.29, 1.82) is 0 Å². The van der Waals surface area contributed by atoms with Gasteiger partial charge in [-0.3, -0.25) is 0 Å². The predicted octanol–water partition coefficient (Wildman–Crippen LogP) is 3.65. The van der Waals surface area contributed by atoms with Crippen LogP contribution >= 0.6 is 0 Å². The molecule has 0 unspecified atom stereocenters. The first-order valence-electron chi connectivity index (χ1n) is 8.36.